The van der Waals surface area contributed by atoms with Crippen molar-refractivity contribution in [2.45, 2.75) is 82.5 Å². The minimum absolute atomic E-state index is 0.301. The van der Waals surface area contributed by atoms with Crippen LogP contribution in [0.15, 0.2) is 0 Å². The molecule has 2 heterocycles. The molecule has 4 unspecified atom stereocenters. The molecule has 3 rings (SSSR count). The van der Waals surface area contributed by atoms with Gasteiger partial charge in [-0.2, -0.15) is 11.8 Å². The summed E-state index contributed by atoms with van der Waals surface area (Å²) in [4.78, 5) is 10.5. The molecule has 138 valence electrons. The molecule has 1 aliphatic carbocycles. The predicted octanol–water partition coefficient (Wildman–Crippen LogP) is 4.12. The first-order valence-electron chi connectivity index (χ1n) is 9.80. The molecule has 4 nitrogen and oxygen atoms in total. The predicted molar refractivity (Wildman–Crippen MR) is 96.5 cm³/mol. The minimum atomic E-state index is -0.679. The summed E-state index contributed by atoms with van der Waals surface area (Å²) >= 11 is 1.98. The number of hydrogen-bond donors (Lipinski definition) is 1. The van der Waals surface area contributed by atoms with Crippen molar-refractivity contribution in [3.05, 3.63) is 0 Å². The third-order valence-corrected chi connectivity index (χ3v) is 7.10. The van der Waals surface area contributed by atoms with Gasteiger partial charge in [-0.3, -0.25) is 4.79 Å². The number of unbranched alkanes of at least 4 members (excludes halogenated alkanes) is 1. The van der Waals surface area contributed by atoms with Gasteiger partial charge in [0.1, 0.15) is 0 Å². The lowest BCUT2D eigenvalue weighted by atomic mass is 9.81. The maximum absolute atomic E-state index is 10.5. The van der Waals surface area contributed by atoms with Gasteiger partial charge in [0, 0.05) is 18.3 Å². The van der Waals surface area contributed by atoms with E-state index >= 15 is 0 Å². The average molecular weight is 357 g/mol. The lowest BCUT2D eigenvalue weighted by molar-refractivity contribution is -0.137. The van der Waals surface area contributed by atoms with Crippen LogP contribution in [0.5, 0.6) is 0 Å². The van der Waals surface area contributed by atoms with Crippen LogP contribution in [0.1, 0.15) is 64.2 Å². The molecule has 24 heavy (non-hydrogen) atoms. The lowest BCUT2D eigenvalue weighted by Crippen LogP contribution is -2.34. The Kier molecular flexibility index (Phi) is 7.29. The maximum Gasteiger partial charge on any atom is 0.303 e. The summed E-state index contributed by atoms with van der Waals surface area (Å²) in [7, 11) is 0. The molecule has 0 aromatic carbocycles. The largest absolute Gasteiger partial charge is 0.481 e. The zero-order chi connectivity index (χ0) is 16.8. The van der Waals surface area contributed by atoms with Crippen molar-refractivity contribution >= 4 is 17.7 Å². The summed E-state index contributed by atoms with van der Waals surface area (Å²) in [5.74, 6) is 2.75. The molecule has 1 saturated carbocycles. The van der Waals surface area contributed by atoms with Crippen LogP contribution in [-0.2, 0) is 14.3 Å². The zero-order valence-electron chi connectivity index (χ0n) is 14.7. The Bertz CT molecular complexity index is 397. The molecule has 0 aromatic heterocycles. The van der Waals surface area contributed by atoms with E-state index in [0.717, 1.165) is 31.0 Å². The van der Waals surface area contributed by atoms with Crippen LogP contribution in [0.4, 0.5) is 0 Å². The molecule has 4 atom stereocenters. The van der Waals surface area contributed by atoms with E-state index in [-0.39, 0.29) is 0 Å². The summed E-state index contributed by atoms with van der Waals surface area (Å²) in [5, 5.41) is 8.68. The number of aliphatic carboxylic acids is 1. The molecular weight excluding hydrogens is 324 g/mol. The van der Waals surface area contributed by atoms with E-state index < -0.39 is 5.97 Å². The van der Waals surface area contributed by atoms with E-state index in [1.54, 1.807) is 0 Å². The number of rotatable bonds is 10. The first-order chi connectivity index (χ1) is 11.7. The van der Waals surface area contributed by atoms with Gasteiger partial charge in [-0.25, -0.2) is 0 Å². The second-order valence-electron chi connectivity index (χ2n) is 7.64. The molecule has 1 N–H and O–H groups in total. The molecule has 3 fully saturated rings. The normalized spacial score (nSPS) is 33.2. The standard InChI is InChI=1S/C19H32O4S/c20-19(21)8-4-5-11-24-13-16-15(17-9-10-18(16)23-17)12-22-14-6-2-1-3-7-14/h14-18H,1-13H2,(H,20,21). The van der Waals surface area contributed by atoms with Gasteiger partial charge in [0.05, 0.1) is 24.9 Å². The van der Waals surface area contributed by atoms with E-state index in [4.69, 9.17) is 14.6 Å². The van der Waals surface area contributed by atoms with E-state index in [2.05, 4.69) is 0 Å². The van der Waals surface area contributed by atoms with Gasteiger partial charge in [-0.05, 0) is 50.0 Å². The Balaban J connectivity index is 1.37. The summed E-state index contributed by atoms with van der Waals surface area (Å²) in [6.07, 6.45) is 12.4. The topological polar surface area (TPSA) is 55.8 Å². The number of fused-ring (bicyclic) bond motifs is 2. The van der Waals surface area contributed by atoms with Crippen LogP contribution in [-0.4, -0.2) is 47.5 Å². The third-order valence-electron chi connectivity index (χ3n) is 5.91. The Morgan fingerprint density at radius 1 is 1.04 bits per heavy atom. The lowest BCUT2D eigenvalue weighted by Gasteiger charge is -2.30. The van der Waals surface area contributed by atoms with Crippen molar-refractivity contribution in [2.75, 3.05) is 18.1 Å². The van der Waals surface area contributed by atoms with Crippen LogP contribution in [0.25, 0.3) is 0 Å². The van der Waals surface area contributed by atoms with Gasteiger partial charge in [-0.15, -0.1) is 0 Å². The molecule has 0 radical (unpaired) electrons. The van der Waals surface area contributed by atoms with Gasteiger partial charge < -0.3 is 14.6 Å². The van der Waals surface area contributed by atoms with E-state index in [9.17, 15) is 4.79 Å². The SMILES string of the molecule is O=C(O)CCCCSCC1C2CCC(O2)C1COC1CCCCC1. The zero-order valence-corrected chi connectivity index (χ0v) is 15.5. The first kappa shape index (κ1) is 18.5. The third kappa shape index (κ3) is 5.12. The highest BCUT2D eigenvalue weighted by Gasteiger charge is 2.48. The van der Waals surface area contributed by atoms with E-state index in [0.29, 0.717) is 36.6 Å². The monoisotopic (exact) mass is 356 g/mol. The molecule has 3 aliphatic rings. The van der Waals surface area contributed by atoms with Crippen LogP contribution < -0.4 is 0 Å². The summed E-state index contributed by atoms with van der Waals surface area (Å²) in [5.41, 5.74) is 0. The molecular formula is C19H32O4S. The number of hydrogen-bond acceptors (Lipinski definition) is 4. The van der Waals surface area contributed by atoms with Crippen molar-refractivity contribution < 1.29 is 19.4 Å². The molecule has 2 bridgehead atoms. The Morgan fingerprint density at radius 3 is 2.54 bits per heavy atom. The van der Waals surface area contributed by atoms with Gasteiger partial charge in [0.2, 0.25) is 0 Å². The molecule has 0 amide bonds. The van der Waals surface area contributed by atoms with Crippen molar-refractivity contribution in [3.8, 4) is 0 Å². The van der Waals surface area contributed by atoms with E-state index in [1.165, 1.54) is 44.9 Å². The molecule has 0 spiro atoms. The van der Waals surface area contributed by atoms with Gasteiger partial charge in [0.15, 0.2) is 0 Å². The fourth-order valence-electron chi connectivity index (χ4n) is 4.51. The van der Waals surface area contributed by atoms with Gasteiger partial charge >= 0.3 is 5.97 Å². The number of carboxylic acid groups (broad SMARTS) is 1. The quantitative estimate of drug-likeness (QED) is 0.597. The minimum Gasteiger partial charge on any atom is -0.481 e. The maximum atomic E-state index is 10.5. The number of ether oxygens (including phenoxy) is 2. The highest BCUT2D eigenvalue weighted by molar-refractivity contribution is 7.99. The second-order valence-corrected chi connectivity index (χ2v) is 8.79. The first-order valence-corrected chi connectivity index (χ1v) is 11.0. The van der Waals surface area contributed by atoms with Crippen LogP contribution in [0, 0.1) is 11.8 Å². The Morgan fingerprint density at radius 2 is 1.79 bits per heavy atom. The average Bonchev–Trinajstić information content (AvgIpc) is 3.18. The van der Waals surface area contributed by atoms with Crippen molar-refractivity contribution in [2.24, 2.45) is 11.8 Å². The molecule has 2 saturated heterocycles. The van der Waals surface area contributed by atoms with Crippen LogP contribution in [0.2, 0.25) is 0 Å². The van der Waals surface area contributed by atoms with Crippen molar-refractivity contribution in [3.63, 3.8) is 0 Å². The highest BCUT2D eigenvalue weighted by atomic mass is 32.2. The molecule has 2 aliphatic heterocycles. The summed E-state index contributed by atoms with van der Waals surface area (Å²) in [6, 6.07) is 0. The number of carboxylic acids is 1. The molecule has 5 heteroatoms. The fourth-order valence-corrected chi connectivity index (χ4v) is 5.82. The fraction of sp³-hybridized carbons (Fsp3) is 0.947. The molecule has 0 aromatic rings. The Labute approximate surface area is 150 Å². The van der Waals surface area contributed by atoms with Crippen molar-refractivity contribution in [1.82, 2.24) is 0 Å². The van der Waals surface area contributed by atoms with E-state index in [1.807, 2.05) is 11.8 Å². The Hall–Kier alpha value is -0.260. The summed E-state index contributed by atoms with van der Waals surface area (Å²) in [6.45, 7) is 0.885. The number of thioether (sulfide) groups is 1. The number of carbonyl (C=O) groups is 1. The van der Waals surface area contributed by atoms with Gasteiger partial charge in [0.25, 0.3) is 0 Å². The summed E-state index contributed by atoms with van der Waals surface area (Å²) < 4.78 is 12.4. The van der Waals surface area contributed by atoms with Crippen molar-refractivity contribution in [1.29, 1.82) is 0 Å². The van der Waals surface area contributed by atoms with Crippen LogP contribution in [0.3, 0.4) is 0 Å². The smallest absolute Gasteiger partial charge is 0.303 e. The van der Waals surface area contributed by atoms with Gasteiger partial charge in [-0.1, -0.05) is 19.3 Å². The highest BCUT2D eigenvalue weighted by Crippen LogP contribution is 2.45. The second kappa shape index (κ2) is 9.44. The van der Waals surface area contributed by atoms with Crippen LogP contribution >= 0.6 is 11.8 Å².